The van der Waals surface area contributed by atoms with Gasteiger partial charge in [0.25, 0.3) is 0 Å². The molecule has 0 aliphatic heterocycles. The van der Waals surface area contributed by atoms with Crippen LogP contribution in [-0.4, -0.2) is 5.11 Å². The molecule has 0 bridgehead atoms. The van der Waals surface area contributed by atoms with Gasteiger partial charge in [0.2, 0.25) is 0 Å². The van der Waals surface area contributed by atoms with Crippen LogP contribution >= 0.6 is 0 Å². The number of rotatable bonds is 1. The average molecular weight is 338 g/mol. The van der Waals surface area contributed by atoms with Gasteiger partial charge in [-0.2, -0.15) is 0 Å². The lowest BCUT2D eigenvalue weighted by Crippen LogP contribution is -2.18. The lowest BCUT2D eigenvalue weighted by molar-refractivity contribution is 0.467. The highest BCUT2D eigenvalue weighted by Gasteiger charge is 2.27. The van der Waals surface area contributed by atoms with Crippen molar-refractivity contribution in [1.82, 2.24) is 0 Å². The van der Waals surface area contributed by atoms with Crippen LogP contribution in [0, 0.1) is 5.92 Å². The molecule has 1 heteroatoms. The Labute approximate surface area is 153 Å². The predicted octanol–water partition coefficient (Wildman–Crippen LogP) is 6.41. The minimum atomic E-state index is 0.325. The van der Waals surface area contributed by atoms with E-state index in [4.69, 9.17) is 0 Å². The minimum absolute atomic E-state index is 0.325. The van der Waals surface area contributed by atoms with Gasteiger partial charge in [0.1, 0.15) is 5.75 Å². The monoisotopic (exact) mass is 338 g/mol. The van der Waals surface area contributed by atoms with Gasteiger partial charge >= 0.3 is 0 Å². The maximum Gasteiger partial charge on any atom is 0.116 e. The van der Waals surface area contributed by atoms with E-state index in [1.165, 1.54) is 39.3 Å². The van der Waals surface area contributed by atoms with Gasteiger partial charge in [-0.05, 0) is 69.1 Å². The van der Waals surface area contributed by atoms with Crippen LogP contribution in [0.5, 0.6) is 5.75 Å². The number of aromatic hydroxyl groups is 1. The van der Waals surface area contributed by atoms with Gasteiger partial charge in [0.05, 0.1) is 0 Å². The molecular weight excluding hydrogens is 316 g/mol. The first kappa shape index (κ1) is 15.5. The van der Waals surface area contributed by atoms with Crippen LogP contribution < -0.4 is 0 Å². The third-order valence-electron chi connectivity index (χ3n) is 5.89. The van der Waals surface area contributed by atoms with E-state index in [0.717, 1.165) is 11.8 Å². The second-order valence-electron chi connectivity index (χ2n) is 7.71. The van der Waals surface area contributed by atoms with E-state index in [1.807, 2.05) is 12.1 Å². The largest absolute Gasteiger partial charge is 0.508 e. The van der Waals surface area contributed by atoms with E-state index < -0.39 is 0 Å². The molecule has 0 amide bonds. The van der Waals surface area contributed by atoms with Crippen LogP contribution in [-0.2, 0) is 6.42 Å². The molecule has 26 heavy (non-hydrogen) atoms. The summed E-state index contributed by atoms with van der Waals surface area (Å²) in [6.07, 6.45) is 2.35. The number of phenols is 1. The van der Waals surface area contributed by atoms with E-state index in [1.54, 1.807) is 6.07 Å². The Bertz CT molecular complexity index is 1110. The lowest BCUT2D eigenvalue weighted by Gasteiger charge is -2.31. The second kappa shape index (κ2) is 5.88. The van der Waals surface area contributed by atoms with Crippen molar-refractivity contribution in [2.75, 3.05) is 0 Å². The molecule has 0 saturated heterocycles. The average Bonchev–Trinajstić information content (AvgIpc) is 2.67. The van der Waals surface area contributed by atoms with Crippen molar-refractivity contribution < 1.29 is 5.11 Å². The van der Waals surface area contributed by atoms with Gasteiger partial charge in [0, 0.05) is 5.92 Å². The Hall–Kier alpha value is -2.80. The highest BCUT2D eigenvalue weighted by Crippen LogP contribution is 2.44. The molecule has 4 aromatic carbocycles. The molecule has 1 nitrogen and oxygen atoms in total. The summed E-state index contributed by atoms with van der Waals surface area (Å²) < 4.78 is 0. The van der Waals surface area contributed by atoms with Crippen molar-refractivity contribution >= 4 is 21.5 Å². The Balaban J connectivity index is 1.82. The lowest BCUT2D eigenvalue weighted by atomic mass is 9.72. The normalized spacial score (nSPS) is 19.6. The van der Waals surface area contributed by atoms with Crippen LogP contribution in [0.2, 0.25) is 0 Å². The summed E-state index contributed by atoms with van der Waals surface area (Å²) in [5.74, 6) is 1.47. The topological polar surface area (TPSA) is 20.2 Å². The number of phenolic OH excluding ortho intramolecular Hbond substituents is 1. The van der Waals surface area contributed by atoms with Crippen molar-refractivity contribution in [2.45, 2.75) is 25.7 Å². The van der Waals surface area contributed by atoms with Crippen LogP contribution in [0.25, 0.3) is 21.5 Å². The molecule has 0 saturated carbocycles. The molecule has 4 aromatic rings. The van der Waals surface area contributed by atoms with Gasteiger partial charge in [-0.15, -0.1) is 0 Å². The van der Waals surface area contributed by atoms with E-state index in [2.05, 4.69) is 61.5 Å². The summed E-state index contributed by atoms with van der Waals surface area (Å²) in [6.45, 7) is 2.37. The molecular formula is C25H22O. The molecule has 0 aromatic heterocycles. The first-order chi connectivity index (χ1) is 12.7. The van der Waals surface area contributed by atoms with Crippen LogP contribution in [0.1, 0.15) is 36.0 Å². The SMILES string of the molecule is CC1Cc2ccc3c(ccc4cc(O)ccc43)c2C(c2ccccc2)C1. The molecule has 1 aliphatic rings. The van der Waals surface area contributed by atoms with Crippen molar-refractivity contribution in [3.05, 3.63) is 89.5 Å². The summed E-state index contributed by atoms with van der Waals surface area (Å²) in [5.41, 5.74) is 4.41. The molecule has 0 radical (unpaired) electrons. The Morgan fingerprint density at radius 2 is 1.58 bits per heavy atom. The van der Waals surface area contributed by atoms with Crippen molar-refractivity contribution in [2.24, 2.45) is 5.92 Å². The number of hydrogen-bond acceptors (Lipinski definition) is 1. The fourth-order valence-electron chi connectivity index (χ4n) is 4.76. The summed E-state index contributed by atoms with van der Waals surface area (Å²) in [4.78, 5) is 0. The van der Waals surface area contributed by atoms with Gasteiger partial charge in [-0.25, -0.2) is 0 Å². The molecule has 2 unspecified atom stereocenters. The number of fused-ring (bicyclic) bond motifs is 5. The maximum atomic E-state index is 9.81. The van der Waals surface area contributed by atoms with E-state index in [9.17, 15) is 5.11 Å². The summed E-state index contributed by atoms with van der Waals surface area (Å²) in [7, 11) is 0. The molecule has 1 N–H and O–H groups in total. The summed E-state index contributed by atoms with van der Waals surface area (Å²) >= 11 is 0. The first-order valence-corrected chi connectivity index (χ1v) is 9.43. The van der Waals surface area contributed by atoms with Gasteiger partial charge < -0.3 is 5.11 Å². The minimum Gasteiger partial charge on any atom is -0.508 e. The number of benzene rings is 4. The zero-order chi connectivity index (χ0) is 17.7. The van der Waals surface area contributed by atoms with Gasteiger partial charge in [0.15, 0.2) is 0 Å². The molecule has 128 valence electrons. The fraction of sp³-hybridized carbons (Fsp3) is 0.200. The van der Waals surface area contributed by atoms with Crippen molar-refractivity contribution in [1.29, 1.82) is 0 Å². The third-order valence-corrected chi connectivity index (χ3v) is 5.89. The first-order valence-electron chi connectivity index (χ1n) is 9.43. The third kappa shape index (κ3) is 2.39. The molecule has 0 spiro atoms. The van der Waals surface area contributed by atoms with E-state index >= 15 is 0 Å². The quantitative estimate of drug-likeness (QED) is 0.397. The van der Waals surface area contributed by atoms with Crippen molar-refractivity contribution in [3.8, 4) is 5.75 Å². The van der Waals surface area contributed by atoms with Crippen LogP contribution in [0.15, 0.2) is 72.8 Å². The molecule has 0 fully saturated rings. The van der Waals surface area contributed by atoms with Crippen LogP contribution in [0.3, 0.4) is 0 Å². The van der Waals surface area contributed by atoms with Crippen LogP contribution in [0.4, 0.5) is 0 Å². The standard InChI is InChI=1S/C25H22O/c1-16-13-19-8-10-22-21-12-9-20(26)15-18(21)7-11-23(22)25(19)24(14-16)17-5-3-2-4-6-17/h2-12,15-16,24,26H,13-14H2,1H3. The smallest absolute Gasteiger partial charge is 0.116 e. The maximum absolute atomic E-state index is 9.81. The predicted molar refractivity (Wildman–Crippen MR) is 109 cm³/mol. The Morgan fingerprint density at radius 3 is 2.42 bits per heavy atom. The molecule has 1 aliphatic carbocycles. The molecule has 0 heterocycles. The molecule has 2 atom stereocenters. The number of hydrogen-bond donors (Lipinski definition) is 1. The zero-order valence-electron chi connectivity index (χ0n) is 14.9. The van der Waals surface area contributed by atoms with Gasteiger partial charge in [-0.3, -0.25) is 0 Å². The Morgan fingerprint density at radius 1 is 0.808 bits per heavy atom. The molecule has 5 rings (SSSR count). The highest BCUT2D eigenvalue weighted by molar-refractivity contribution is 6.09. The fourth-order valence-corrected chi connectivity index (χ4v) is 4.76. The van der Waals surface area contributed by atoms with E-state index in [-0.39, 0.29) is 0 Å². The second-order valence-corrected chi connectivity index (χ2v) is 7.71. The van der Waals surface area contributed by atoms with E-state index in [0.29, 0.717) is 17.6 Å². The summed E-state index contributed by atoms with van der Waals surface area (Å²) in [5, 5.41) is 14.8. The highest BCUT2D eigenvalue weighted by atomic mass is 16.3. The summed E-state index contributed by atoms with van der Waals surface area (Å²) in [6, 6.07) is 25.6. The van der Waals surface area contributed by atoms with Gasteiger partial charge in [-0.1, -0.05) is 67.6 Å². The Kier molecular flexibility index (Phi) is 3.49. The van der Waals surface area contributed by atoms with Crippen molar-refractivity contribution in [3.63, 3.8) is 0 Å². The zero-order valence-corrected chi connectivity index (χ0v) is 14.9.